The van der Waals surface area contributed by atoms with Crippen LogP contribution in [0, 0.1) is 0 Å². The van der Waals surface area contributed by atoms with Gasteiger partial charge in [0.2, 0.25) is 0 Å². The van der Waals surface area contributed by atoms with Crippen molar-refractivity contribution in [2.24, 2.45) is 0 Å². The molecule has 1 aromatic carbocycles. The van der Waals surface area contributed by atoms with Crippen molar-refractivity contribution in [3.63, 3.8) is 0 Å². The van der Waals surface area contributed by atoms with Crippen molar-refractivity contribution >= 4 is 27.3 Å². The zero-order chi connectivity index (χ0) is 11.8. The first-order valence-electron chi connectivity index (χ1n) is 5.11. The van der Waals surface area contributed by atoms with Crippen molar-refractivity contribution in [2.45, 2.75) is 0 Å². The van der Waals surface area contributed by atoms with Crippen LogP contribution in [0.15, 0.2) is 47.1 Å². The summed E-state index contributed by atoms with van der Waals surface area (Å²) < 4.78 is 2.69. The van der Waals surface area contributed by atoms with Gasteiger partial charge in [-0.05, 0) is 40.2 Å². The number of aromatic nitrogens is 3. The van der Waals surface area contributed by atoms with E-state index >= 15 is 0 Å². The molecule has 0 radical (unpaired) electrons. The van der Waals surface area contributed by atoms with Crippen LogP contribution in [-0.4, -0.2) is 14.6 Å². The standard InChI is InChI=1S/C12H9BrN4/c13-8-5-6-11-15-12(16-17(11)7-8)9-3-1-2-4-10(9)14/h1-7H,14H2. The Bertz CT molecular complexity index is 690. The number of nitrogens with two attached hydrogens (primary N) is 1. The highest BCUT2D eigenvalue weighted by Crippen LogP contribution is 2.23. The Morgan fingerprint density at radius 1 is 1.12 bits per heavy atom. The van der Waals surface area contributed by atoms with E-state index in [2.05, 4.69) is 26.0 Å². The lowest BCUT2D eigenvalue weighted by Gasteiger charge is -1.98. The Morgan fingerprint density at radius 2 is 1.94 bits per heavy atom. The molecule has 5 heteroatoms. The van der Waals surface area contributed by atoms with Gasteiger partial charge >= 0.3 is 0 Å². The summed E-state index contributed by atoms with van der Waals surface area (Å²) in [5.41, 5.74) is 8.24. The monoisotopic (exact) mass is 288 g/mol. The van der Waals surface area contributed by atoms with Gasteiger partial charge in [0.1, 0.15) is 0 Å². The summed E-state index contributed by atoms with van der Waals surface area (Å²) in [6, 6.07) is 11.4. The van der Waals surface area contributed by atoms with Gasteiger partial charge in [0.25, 0.3) is 0 Å². The van der Waals surface area contributed by atoms with Crippen molar-refractivity contribution in [1.82, 2.24) is 14.6 Å². The van der Waals surface area contributed by atoms with Gasteiger partial charge in [0.05, 0.1) is 0 Å². The van der Waals surface area contributed by atoms with Gasteiger partial charge in [0.15, 0.2) is 11.5 Å². The van der Waals surface area contributed by atoms with E-state index in [4.69, 9.17) is 5.73 Å². The highest BCUT2D eigenvalue weighted by Gasteiger charge is 2.08. The quantitative estimate of drug-likeness (QED) is 0.701. The van der Waals surface area contributed by atoms with Crippen molar-refractivity contribution < 1.29 is 0 Å². The molecule has 2 aromatic heterocycles. The van der Waals surface area contributed by atoms with Gasteiger partial charge in [-0.2, -0.15) is 0 Å². The third-order valence-corrected chi connectivity index (χ3v) is 2.97. The Morgan fingerprint density at radius 3 is 2.76 bits per heavy atom. The second-order valence-electron chi connectivity index (χ2n) is 3.67. The number of hydrogen-bond donors (Lipinski definition) is 1. The maximum atomic E-state index is 5.91. The van der Waals surface area contributed by atoms with Crippen LogP contribution in [-0.2, 0) is 0 Å². The summed E-state index contributed by atoms with van der Waals surface area (Å²) in [5, 5.41) is 4.40. The van der Waals surface area contributed by atoms with Gasteiger partial charge in [-0.3, -0.25) is 0 Å². The second kappa shape index (κ2) is 3.85. The summed E-state index contributed by atoms with van der Waals surface area (Å²) >= 11 is 3.40. The van der Waals surface area contributed by atoms with Crippen LogP contribution >= 0.6 is 15.9 Å². The minimum Gasteiger partial charge on any atom is -0.398 e. The van der Waals surface area contributed by atoms with E-state index in [1.165, 1.54) is 0 Å². The minimum absolute atomic E-state index is 0.640. The lowest BCUT2D eigenvalue weighted by atomic mass is 10.2. The van der Waals surface area contributed by atoms with E-state index in [9.17, 15) is 0 Å². The second-order valence-corrected chi connectivity index (χ2v) is 4.59. The van der Waals surface area contributed by atoms with Crippen molar-refractivity contribution in [3.05, 3.63) is 47.1 Å². The minimum atomic E-state index is 0.640. The van der Waals surface area contributed by atoms with Crippen LogP contribution in [0.1, 0.15) is 0 Å². The van der Waals surface area contributed by atoms with Gasteiger partial charge in [-0.15, -0.1) is 5.10 Å². The maximum Gasteiger partial charge on any atom is 0.184 e. The van der Waals surface area contributed by atoms with Crippen LogP contribution in [0.5, 0.6) is 0 Å². The molecule has 17 heavy (non-hydrogen) atoms. The topological polar surface area (TPSA) is 56.2 Å². The van der Waals surface area contributed by atoms with Crippen LogP contribution in [0.25, 0.3) is 17.0 Å². The number of halogens is 1. The number of rotatable bonds is 1. The Balaban J connectivity index is 2.22. The third-order valence-electron chi connectivity index (χ3n) is 2.50. The van der Waals surface area contributed by atoms with Gasteiger partial charge < -0.3 is 5.73 Å². The zero-order valence-corrected chi connectivity index (χ0v) is 10.4. The third kappa shape index (κ3) is 1.78. The molecule has 0 aliphatic heterocycles. The Labute approximate surface area is 106 Å². The molecular weight excluding hydrogens is 280 g/mol. The number of benzene rings is 1. The predicted molar refractivity (Wildman–Crippen MR) is 70.5 cm³/mol. The average Bonchev–Trinajstić information content (AvgIpc) is 2.72. The molecule has 84 valence electrons. The molecule has 0 unspecified atom stereocenters. The van der Waals surface area contributed by atoms with Crippen molar-refractivity contribution in [3.8, 4) is 11.4 Å². The summed E-state index contributed by atoms with van der Waals surface area (Å²) in [4.78, 5) is 4.44. The summed E-state index contributed by atoms with van der Waals surface area (Å²) in [7, 11) is 0. The smallest absolute Gasteiger partial charge is 0.184 e. The van der Waals surface area contributed by atoms with Crippen molar-refractivity contribution in [2.75, 3.05) is 5.73 Å². The molecule has 2 heterocycles. The molecule has 0 aliphatic rings. The molecule has 3 aromatic rings. The summed E-state index contributed by atoms with van der Waals surface area (Å²) in [5.74, 6) is 0.640. The number of nitrogens with zero attached hydrogens (tertiary/aromatic N) is 3. The molecule has 0 saturated heterocycles. The van der Waals surface area contributed by atoms with E-state index < -0.39 is 0 Å². The average molecular weight is 289 g/mol. The number of hydrogen-bond acceptors (Lipinski definition) is 3. The first-order valence-corrected chi connectivity index (χ1v) is 5.90. The van der Waals surface area contributed by atoms with E-state index in [0.29, 0.717) is 11.5 Å². The highest BCUT2D eigenvalue weighted by atomic mass is 79.9. The van der Waals surface area contributed by atoms with Crippen LogP contribution in [0.4, 0.5) is 5.69 Å². The largest absolute Gasteiger partial charge is 0.398 e. The Kier molecular flexibility index (Phi) is 2.33. The lowest BCUT2D eigenvalue weighted by Crippen LogP contribution is -1.91. The summed E-state index contributed by atoms with van der Waals surface area (Å²) in [6.07, 6.45) is 1.87. The maximum absolute atomic E-state index is 5.91. The first-order chi connectivity index (χ1) is 8.24. The number of fused-ring (bicyclic) bond motifs is 1. The van der Waals surface area contributed by atoms with Crippen LogP contribution < -0.4 is 5.73 Å². The normalized spacial score (nSPS) is 10.9. The molecule has 0 spiro atoms. The van der Waals surface area contributed by atoms with Crippen LogP contribution in [0.2, 0.25) is 0 Å². The van der Waals surface area contributed by atoms with E-state index in [1.54, 1.807) is 4.52 Å². The zero-order valence-electron chi connectivity index (χ0n) is 8.84. The molecule has 0 bridgehead atoms. The molecule has 2 N–H and O–H groups in total. The molecule has 3 rings (SSSR count). The fraction of sp³-hybridized carbons (Fsp3) is 0. The first kappa shape index (κ1) is 10.3. The molecule has 0 fully saturated rings. The number of anilines is 1. The molecule has 0 amide bonds. The van der Waals surface area contributed by atoms with Crippen LogP contribution in [0.3, 0.4) is 0 Å². The number of para-hydroxylation sites is 1. The van der Waals surface area contributed by atoms with Gasteiger partial charge in [-0.25, -0.2) is 9.50 Å². The number of pyridine rings is 1. The van der Waals surface area contributed by atoms with E-state index in [-0.39, 0.29) is 0 Å². The molecule has 0 saturated carbocycles. The lowest BCUT2D eigenvalue weighted by molar-refractivity contribution is 0.961. The fourth-order valence-electron chi connectivity index (χ4n) is 1.67. The van der Waals surface area contributed by atoms with Gasteiger partial charge in [-0.1, -0.05) is 12.1 Å². The van der Waals surface area contributed by atoms with E-state index in [1.807, 2.05) is 42.6 Å². The molecular formula is C12H9BrN4. The Hall–Kier alpha value is -1.88. The number of nitrogen functional groups attached to an aromatic ring is 1. The summed E-state index contributed by atoms with van der Waals surface area (Å²) in [6.45, 7) is 0. The highest BCUT2D eigenvalue weighted by molar-refractivity contribution is 9.10. The molecule has 0 aliphatic carbocycles. The molecule has 4 nitrogen and oxygen atoms in total. The van der Waals surface area contributed by atoms with Gasteiger partial charge in [0, 0.05) is 21.9 Å². The van der Waals surface area contributed by atoms with Crippen molar-refractivity contribution in [1.29, 1.82) is 0 Å². The predicted octanol–water partition coefficient (Wildman–Crippen LogP) is 2.74. The molecule has 0 atom stereocenters. The fourth-order valence-corrected chi connectivity index (χ4v) is 2.00. The SMILES string of the molecule is Nc1ccccc1-c1nc2ccc(Br)cn2n1. The van der Waals surface area contributed by atoms with E-state index in [0.717, 1.165) is 15.7 Å².